The Morgan fingerprint density at radius 3 is 2.58 bits per heavy atom. The fourth-order valence-corrected chi connectivity index (χ4v) is 7.07. The molecule has 4 nitrogen and oxygen atoms in total. The highest BCUT2D eigenvalue weighted by Gasteiger charge is 2.37. The molecule has 2 atom stereocenters. The third-order valence-corrected chi connectivity index (χ3v) is 9.14. The zero-order chi connectivity index (χ0) is 21.5. The number of likely N-dealkylation sites (tertiary alicyclic amines) is 1. The van der Waals surface area contributed by atoms with Crippen LogP contribution in [0.5, 0.6) is 0 Å². The molecule has 1 saturated carbocycles. The molecular formula is C26H39NO3S. The summed E-state index contributed by atoms with van der Waals surface area (Å²) in [5, 5.41) is 2.12. The highest BCUT2D eigenvalue weighted by atomic mass is 32.1. The van der Waals surface area contributed by atoms with Crippen molar-refractivity contribution >= 4 is 23.0 Å². The van der Waals surface area contributed by atoms with Crippen LogP contribution in [-0.4, -0.2) is 42.9 Å². The number of fused-ring (bicyclic) bond motifs is 1. The van der Waals surface area contributed by atoms with Crippen molar-refractivity contribution in [1.29, 1.82) is 0 Å². The number of Topliss-reactive ketones (excluding diaryl/α,β-unsaturated/α-hetero) is 1. The van der Waals surface area contributed by atoms with Gasteiger partial charge in [0.15, 0.2) is 0 Å². The molecule has 4 rings (SSSR count). The Kier molecular flexibility index (Phi) is 8.22. The Hall–Kier alpha value is -1.20. The third kappa shape index (κ3) is 5.98. The van der Waals surface area contributed by atoms with Crippen LogP contribution < -0.4 is 0 Å². The van der Waals surface area contributed by atoms with E-state index < -0.39 is 0 Å². The van der Waals surface area contributed by atoms with E-state index in [-0.39, 0.29) is 5.41 Å². The first kappa shape index (κ1) is 23.0. The van der Waals surface area contributed by atoms with Gasteiger partial charge in [-0.1, -0.05) is 31.7 Å². The molecule has 1 aliphatic carbocycles. The van der Waals surface area contributed by atoms with Crippen LogP contribution in [-0.2, 0) is 19.7 Å². The zero-order valence-corrected chi connectivity index (χ0v) is 19.8. The van der Waals surface area contributed by atoms with E-state index in [9.17, 15) is 9.59 Å². The highest BCUT2D eigenvalue weighted by Crippen LogP contribution is 2.41. The number of amides is 1. The summed E-state index contributed by atoms with van der Waals surface area (Å²) in [5.41, 5.74) is -0.00922. The Bertz CT molecular complexity index is 710. The largest absolute Gasteiger partial charge is 0.381 e. The number of rotatable bonds is 9. The van der Waals surface area contributed by atoms with Gasteiger partial charge in [0.25, 0.3) is 0 Å². The molecule has 2 unspecified atom stereocenters. The Morgan fingerprint density at radius 1 is 1.03 bits per heavy atom. The minimum absolute atomic E-state index is 0.00922. The van der Waals surface area contributed by atoms with Gasteiger partial charge in [0.1, 0.15) is 5.78 Å². The number of carbonyl (C=O) groups excluding carboxylic acids is 2. The second-order valence-corrected chi connectivity index (χ2v) is 11.0. The van der Waals surface area contributed by atoms with Crippen molar-refractivity contribution in [2.24, 2.45) is 11.8 Å². The quantitative estimate of drug-likeness (QED) is 0.455. The zero-order valence-electron chi connectivity index (χ0n) is 19.0. The van der Waals surface area contributed by atoms with E-state index in [4.69, 9.17) is 4.74 Å². The fraction of sp³-hybridized carbons (Fsp3) is 0.769. The Balaban J connectivity index is 1.14. The molecule has 2 saturated heterocycles. The molecule has 3 heterocycles. The maximum atomic E-state index is 12.8. The number of ketones is 1. The number of thiophene rings is 1. The molecule has 3 aliphatic rings. The molecule has 0 radical (unpaired) electrons. The lowest BCUT2D eigenvalue weighted by molar-refractivity contribution is -0.134. The van der Waals surface area contributed by atoms with Crippen molar-refractivity contribution in [1.82, 2.24) is 4.90 Å². The number of ether oxygens (including phenoxy) is 1. The molecule has 2 aliphatic heterocycles. The summed E-state index contributed by atoms with van der Waals surface area (Å²) < 4.78 is 5.58. The van der Waals surface area contributed by atoms with Crippen molar-refractivity contribution in [2.75, 3.05) is 26.3 Å². The predicted molar refractivity (Wildman–Crippen MR) is 125 cm³/mol. The summed E-state index contributed by atoms with van der Waals surface area (Å²) in [4.78, 5) is 28.9. The van der Waals surface area contributed by atoms with Gasteiger partial charge in [-0.2, -0.15) is 0 Å². The standard InChI is InChI=1S/C26H39NO3S/c28-23(19-26(13-16-30-17-14-26)24-10-6-18-31-24)9-2-1-3-11-25(29)27-15-12-21-7-4-5-8-22(21)20-27/h6,10,18,21-22H,1-5,7-9,11-17,19-20H2. The van der Waals surface area contributed by atoms with Crippen LogP contribution in [0.15, 0.2) is 17.5 Å². The van der Waals surface area contributed by atoms with Crippen molar-refractivity contribution in [2.45, 2.75) is 88.9 Å². The second kappa shape index (κ2) is 11.1. The van der Waals surface area contributed by atoms with E-state index in [0.717, 1.165) is 70.2 Å². The average Bonchev–Trinajstić information content (AvgIpc) is 3.35. The first-order valence-corrected chi connectivity index (χ1v) is 13.5. The SMILES string of the molecule is O=C(CCCCCC(=O)N1CCC2CCCCC2C1)CC1(c2cccs2)CCOCC1. The average molecular weight is 446 g/mol. The van der Waals surface area contributed by atoms with Gasteiger partial charge in [-0.3, -0.25) is 9.59 Å². The monoisotopic (exact) mass is 445 g/mol. The van der Waals surface area contributed by atoms with Gasteiger partial charge in [0.05, 0.1) is 0 Å². The Morgan fingerprint density at radius 2 is 1.81 bits per heavy atom. The molecular weight excluding hydrogens is 406 g/mol. The lowest BCUT2D eigenvalue weighted by Crippen LogP contribution is -2.44. The molecule has 5 heteroatoms. The Labute approximate surface area is 191 Å². The lowest BCUT2D eigenvalue weighted by Gasteiger charge is -2.41. The molecule has 3 fully saturated rings. The van der Waals surface area contributed by atoms with Crippen LogP contribution in [0.3, 0.4) is 0 Å². The van der Waals surface area contributed by atoms with Crippen LogP contribution in [0, 0.1) is 11.8 Å². The lowest BCUT2D eigenvalue weighted by atomic mass is 9.74. The smallest absolute Gasteiger partial charge is 0.222 e. The van der Waals surface area contributed by atoms with E-state index in [1.807, 2.05) is 0 Å². The van der Waals surface area contributed by atoms with Crippen LogP contribution in [0.2, 0.25) is 0 Å². The second-order valence-electron chi connectivity index (χ2n) is 10.1. The summed E-state index contributed by atoms with van der Waals surface area (Å²) >= 11 is 1.78. The fourth-order valence-electron chi connectivity index (χ4n) is 6.08. The van der Waals surface area contributed by atoms with Gasteiger partial charge in [-0.05, 0) is 61.8 Å². The van der Waals surface area contributed by atoms with Crippen LogP contribution in [0.4, 0.5) is 0 Å². The molecule has 0 N–H and O–H groups in total. The first-order chi connectivity index (χ1) is 15.2. The number of nitrogens with zero attached hydrogens (tertiary/aromatic N) is 1. The molecule has 1 aromatic rings. The predicted octanol–water partition coefficient (Wildman–Crippen LogP) is 5.74. The van der Waals surface area contributed by atoms with Crippen molar-refractivity contribution in [3.05, 3.63) is 22.4 Å². The van der Waals surface area contributed by atoms with Gasteiger partial charge in [-0.25, -0.2) is 0 Å². The summed E-state index contributed by atoms with van der Waals surface area (Å²) in [6.45, 7) is 3.47. The van der Waals surface area contributed by atoms with Gasteiger partial charge >= 0.3 is 0 Å². The van der Waals surface area contributed by atoms with E-state index in [2.05, 4.69) is 22.4 Å². The van der Waals surface area contributed by atoms with Gasteiger partial charge < -0.3 is 9.64 Å². The molecule has 172 valence electrons. The number of hydrogen-bond donors (Lipinski definition) is 0. The summed E-state index contributed by atoms with van der Waals surface area (Å²) in [6.07, 6.45) is 13.3. The van der Waals surface area contributed by atoms with Crippen LogP contribution in [0.1, 0.15) is 88.3 Å². The van der Waals surface area contributed by atoms with Gasteiger partial charge in [-0.15, -0.1) is 11.3 Å². The third-order valence-electron chi connectivity index (χ3n) is 8.02. The summed E-state index contributed by atoms with van der Waals surface area (Å²) in [7, 11) is 0. The first-order valence-electron chi connectivity index (χ1n) is 12.6. The molecule has 31 heavy (non-hydrogen) atoms. The molecule has 1 aromatic heterocycles. The number of piperidine rings is 1. The molecule has 1 amide bonds. The highest BCUT2D eigenvalue weighted by molar-refractivity contribution is 7.10. The molecule has 0 aromatic carbocycles. The minimum Gasteiger partial charge on any atom is -0.381 e. The number of carbonyl (C=O) groups is 2. The maximum Gasteiger partial charge on any atom is 0.222 e. The summed E-state index contributed by atoms with van der Waals surface area (Å²) in [5.74, 6) is 2.34. The van der Waals surface area contributed by atoms with Gasteiger partial charge in [0.2, 0.25) is 5.91 Å². The molecule has 0 spiro atoms. The van der Waals surface area contributed by atoms with Crippen LogP contribution in [0.25, 0.3) is 0 Å². The van der Waals surface area contributed by atoms with E-state index in [0.29, 0.717) is 31.0 Å². The van der Waals surface area contributed by atoms with E-state index >= 15 is 0 Å². The van der Waals surface area contributed by atoms with Gasteiger partial charge in [0, 0.05) is 55.9 Å². The number of hydrogen-bond acceptors (Lipinski definition) is 4. The van der Waals surface area contributed by atoms with Crippen molar-refractivity contribution in [3.8, 4) is 0 Å². The molecule has 0 bridgehead atoms. The van der Waals surface area contributed by atoms with E-state index in [1.54, 1.807) is 11.3 Å². The minimum atomic E-state index is -0.00922. The van der Waals surface area contributed by atoms with Crippen LogP contribution >= 0.6 is 11.3 Å². The summed E-state index contributed by atoms with van der Waals surface area (Å²) in [6, 6.07) is 4.28. The van der Waals surface area contributed by atoms with Crippen molar-refractivity contribution in [3.63, 3.8) is 0 Å². The van der Waals surface area contributed by atoms with E-state index in [1.165, 1.54) is 37.0 Å². The van der Waals surface area contributed by atoms with Crippen molar-refractivity contribution < 1.29 is 14.3 Å². The topological polar surface area (TPSA) is 46.6 Å². The maximum absolute atomic E-state index is 12.8. The number of unbranched alkanes of at least 4 members (excludes halogenated alkanes) is 2. The normalized spacial score (nSPS) is 25.7.